The SMILES string of the molecule is N[C@@H](CC(F)(F)F)c1cccc(Cl)c1O. The summed E-state index contributed by atoms with van der Waals surface area (Å²) >= 11 is 5.54. The van der Waals surface area contributed by atoms with E-state index < -0.39 is 24.4 Å². The Bertz CT molecular complexity index is 354. The van der Waals surface area contributed by atoms with Crippen molar-refractivity contribution in [2.45, 2.75) is 18.6 Å². The molecule has 2 nitrogen and oxygen atoms in total. The van der Waals surface area contributed by atoms with E-state index in [1.165, 1.54) is 18.2 Å². The first-order valence-electron chi connectivity index (χ1n) is 4.11. The molecule has 1 rings (SSSR count). The lowest BCUT2D eigenvalue weighted by Gasteiger charge is -2.15. The van der Waals surface area contributed by atoms with Gasteiger partial charge < -0.3 is 10.8 Å². The molecular formula is C9H9ClF3NO. The summed E-state index contributed by atoms with van der Waals surface area (Å²) in [5, 5.41) is 9.38. The molecule has 84 valence electrons. The maximum absolute atomic E-state index is 12.0. The molecule has 0 aromatic heterocycles. The molecule has 1 aromatic carbocycles. The van der Waals surface area contributed by atoms with Crippen LogP contribution in [0.1, 0.15) is 18.0 Å². The van der Waals surface area contributed by atoms with Crippen molar-refractivity contribution < 1.29 is 18.3 Å². The Hall–Kier alpha value is -0.940. The lowest BCUT2D eigenvalue weighted by molar-refractivity contribution is -0.138. The van der Waals surface area contributed by atoms with Crippen LogP contribution in [0, 0.1) is 0 Å². The number of phenolic OH excluding ortho intramolecular Hbond substituents is 1. The molecule has 0 radical (unpaired) electrons. The maximum atomic E-state index is 12.0. The highest BCUT2D eigenvalue weighted by Gasteiger charge is 2.32. The molecule has 15 heavy (non-hydrogen) atoms. The second kappa shape index (κ2) is 4.28. The Balaban J connectivity index is 2.92. The average molecular weight is 240 g/mol. The first-order chi connectivity index (χ1) is 6.81. The van der Waals surface area contributed by atoms with Crippen LogP contribution in [0.25, 0.3) is 0 Å². The second-order valence-corrected chi connectivity index (χ2v) is 3.51. The van der Waals surface area contributed by atoms with Crippen LogP contribution in [0.3, 0.4) is 0 Å². The number of rotatable bonds is 2. The smallest absolute Gasteiger partial charge is 0.390 e. The summed E-state index contributed by atoms with van der Waals surface area (Å²) in [7, 11) is 0. The Morgan fingerprint density at radius 1 is 1.40 bits per heavy atom. The number of halogens is 4. The topological polar surface area (TPSA) is 46.2 Å². The van der Waals surface area contributed by atoms with Crippen molar-refractivity contribution in [1.82, 2.24) is 0 Å². The first kappa shape index (κ1) is 12.1. The predicted octanol–water partition coefficient (Wildman–Crippen LogP) is 3.00. The zero-order chi connectivity index (χ0) is 11.6. The minimum absolute atomic E-state index is 0.000162. The van der Waals surface area contributed by atoms with Gasteiger partial charge in [-0.15, -0.1) is 0 Å². The van der Waals surface area contributed by atoms with Crippen molar-refractivity contribution >= 4 is 11.6 Å². The van der Waals surface area contributed by atoms with Gasteiger partial charge in [0, 0.05) is 11.6 Å². The molecule has 0 aliphatic rings. The highest BCUT2D eigenvalue weighted by molar-refractivity contribution is 6.32. The predicted molar refractivity (Wildman–Crippen MR) is 50.7 cm³/mol. The average Bonchev–Trinajstić information content (AvgIpc) is 2.06. The van der Waals surface area contributed by atoms with Gasteiger partial charge >= 0.3 is 6.18 Å². The standard InChI is InChI=1S/C9H9ClF3NO/c10-6-3-1-2-5(8(6)15)7(14)4-9(11,12)13/h1-3,7,15H,4,14H2/t7-/m0/s1. The van der Waals surface area contributed by atoms with E-state index >= 15 is 0 Å². The largest absolute Gasteiger partial charge is 0.506 e. The molecule has 3 N–H and O–H groups in total. The summed E-state index contributed by atoms with van der Waals surface area (Å²) in [6, 6.07) is 2.83. The van der Waals surface area contributed by atoms with Crippen molar-refractivity contribution in [1.29, 1.82) is 0 Å². The lowest BCUT2D eigenvalue weighted by atomic mass is 10.0. The van der Waals surface area contributed by atoms with Crippen LogP contribution in [0.4, 0.5) is 13.2 Å². The van der Waals surface area contributed by atoms with E-state index in [4.69, 9.17) is 17.3 Å². The molecule has 1 aromatic rings. The van der Waals surface area contributed by atoms with E-state index in [0.29, 0.717) is 0 Å². The van der Waals surface area contributed by atoms with E-state index in [1.807, 2.05) is 0 Å². The molecule has 0 bridgehead atoms. The van der Waals surface area contributed by atoms with Crippen LogP contribution in [0.2, 0.25) is 5.02 Å². The van der Waals surface area contributed by atoms with Crippen molar-refractivity contribution in [3.63, 3.8) is 0 Å². The normalized spacial score (nSPS) is 13.9. The number of aromatic hydroxyl groups is 1. The van der Waals surface area contributed by atoms with Gasteiger partial charge in [-0.25, -0.2) is 0 Å². The van der Waals surface area contributed by atoms with Gasteiger partial charge in [0.1, 0.15) is 5.75 Å². The fourth-order valence-electron chi connectivity index (χ4n) is 1.19. The molecule has 0 heterocycles. The number of para-hydroxylation sites is 1. The fraction of sp³-hybridized carbons (Fsp3) is 0.333. The monoisotopic (exact) mass is 239 g/mol. The van der Waals surface area contributed by atoms with E-state index in [1.54, 1.807) is 0 Å². The summed E-state index contributed by atoms with van der Waals surface area (Å²) < 4.78 is 36.1. The number of nitrogens with two attached hydrogens (primary N) is 1. The number of alkyl halides is 3. The van der Waals surface area contributed by atoms with Gasteiger partial charge in [0.25, 0.3) is 0 Å². The Morgan fingerprint density at radius 3 is 2.53 bits per heavy atom. The van der Waals surface area contributed by atoms with Crippen molar-refractivity contribution in [3.05, 3.63) is 28.8 Å². The molecule has 0 unspecified atom stereocenters. The second-order valence-electron chi connectivity index (χ2n) is 3.10. The molecule has 6 heteroatoms. The third kappa shape index (κ3) is 3.28. The summed E-state index contributed by atoms with van der Waals surface area (Å²) in [5.41, 5.74) is 5.31. The number of hydrogen-bond acceptors (Lipinski definition) is 2. The van der Waals surface area contributed by atoms with Gasteiger partial charge in [-0.1, -0.05) is 23.7 Å². The van der Waals surface area contributed by atoms with Crippen molar-refractivity contribution in [2.75, 3.05) is 0 Å². The minimum Gasteiger partial charge on any atom is -0.506 e. The quantitative estimate of drug-likeness (QED) is 0.833. The third-order valence-corrected chi connectivity index (χ3v) is 2.17. The summed E-state index contributed by atoms with van der Waals surface area (Å²) in [5.74, 6) is -0.393. The van der Waals surface area contributed by atoms with E-state index in [2.05, 4.69) is 0 Å². The molecule has 0 aliphatic heterocycles. The molecule has 0 fully saturated rings. The van der Waals surface area contributed by atoms with Crippen LogP contribution < -0.4 is 5.73 Å². The summed E-state index contributed by atoms with van der Waals surface area (Å²) in [6.07, 6.45) is -5.56. The first-order valence-corrected chi connectivity index (χ1v) is 4.49. The fourth-order valence-corrected chi connectivity index (χ4v) is 1.37. The summed E-state index contributed by atoms with van der Waals surface area (Å²) in [6.45, 7) is 0. The number of hydrogen-bond donors (Lipinski definition) is 2. The Labute approximate surface area is 89.5 Å². The Morgan fingerprint density at radius 2 is 2.00 bits per heavy atom. The lowest BCUT2D eigenvalue weighted by Crippen LogP contribution is -2.20. The molecule has 0 spiro atoms. The molecule has 0 amide bonds. The van der Waals surface area contributed by atoms with Crippen molar-refractivity contribution in [3.8, 4) is 5.75 Å². The van der Waals surface area contributed by atoms with Crippen LogP contribution in [0.5, 0.6) is 5.75 Å². The van der Waals surface area contributed by atoms with Gasteiger partial charge in [0.15, 0.2) is 0 Å². The van der Waals surface area contributed by atoms with Gasteiger partial charge in [0.2, 0.25) is 0 Å². The van der Waals surface area contributed by atoms with Crippen LogP contribution in [-0.2, 0) is 0 Å². The van der Waals surface area contributed by atoms with Gasteiger partial charge in [0.05, 0.1) is 11.4 Å². The van der Waals surface area contributed by atoms with Gasteiger partial charge in [-0.05, 0) is 6.07 Å². The molecular weight excluding hydrogens is 231 g/mol. The zero-order valence-corrected chi connectivity index (χ0v) is 8.31. The van der Waals surface area contributed by atoms with Gasteiger partial charge in [-0.3, -0.25) is 0 Å². The zero-order valence-electron chi connectivity index (χ0n) is 7.55. The van der Waals surface area contributed by atoms with Crippen LogP contribution in [0.15, 0.2) is 18.2 Å². The maximum Gasteiger partial charge on any atom is 0.390 e. The highest BCUT2D eigenvalue weighted by atomic mass is 35.5. The molecule has 0 aliphatic carbocycles. The summed E-state index contributed by atoms with van der Waals surface area (Å²) in [4.78, 5) is 0. The van der Waals surface area contributed by atoms with E-state index in [-0.39, 0.29) is 10.6 Å². The van der Waals surface area contributed by atoms with E-state index in [9.17, 15) is 18.3 Å². The molecule has 1 atom stereocenters. The number of phenols is 1. The van der Waals surface area contributed by atoms with Crippen LogP contribution >= 0.6 is 11.6 Å². The minimum atomic E-state index is -4.37. The van der Waals surface area contributed by atoms with E-state index in [0.717, 1.165) is 0 Å². The number of benzene rings is 1. The molecule has 0 saturated carbocycles. The third-order valence-electron chi connectivity index (χ3n) is 1.87. The van der Waals surface area contributed by atoms with Crippen LogP contribution in [-0.4, -0.2) is 11.3 Å². The Kier molecular flexibility index (Phi) is 3.46. The molecule has 0 saturated heterocycles. The van der Waals surface area contributed by atoms with Crippen molar-refractivity contribution in [2.24, 2.45) is 5.73 Å². The van der Waals surface area contributed by atoms with Gasteiger partial charge in [-0.2, -0.15) is 13.2 Å². The highest BCUT2D eigenvalue weighted by Crippen LogP contribution is 2.35.